The van der Waals surface area contributed by atoms with Crippen LogP contribution in [0.5, 0.6) is 23.0 Å². The number of halogens is 1. The zero-order chi connectivity index (χ0) is 25.4. The number of phenolic OH excluding ortho intramolecular Hbond substituents is 2. The van der Waals surface area contributed by atoms with Crippen LogP contribution in [0.25, 0.3) is 11.1 Å². The fourth-order valence-corrected chi connectivity index (χ4v) is 5.32. The van der Waals surface area contributed by atoms with Crippen molar-refractivity contribution in [2.24, 2.45) is 5.92 Å². The predicted molar refractivity (Wildman–Crippen MR) is 144 cm³/mol. The smallest absolute Gasteiger partial charge is 0.150 e. The Morgan fingerprint density at radius 3 is 2.58 bits per heavy atom. The third-order valence-corrected chi connectivity index (χ3v) is 7.58. The summed E-state index contributed by atoms with van der Waals surface area (Å²) in [5.41, 5.74) is 4.46. The van der Waals surface area contributed by atoms with Gasteiger partial charge in [0.05, 0.1) is 5.02 Å². The fourth-order valence-electron chi connectivity index (χ4n) is 5.17. The topological polar surface area (TPSA) is 62.2 Å². The highest BCUT2D eigenvalue weighted by molar-refractivity contribution is 6.32. The van der Waals surface area contributed by atoms with Gasteiger partial charge in [0.2, 0.25) is 0 Å². The highest BCUT2D eigenvalue weighted by atomic mass is 35.5. The number of nitrogens with zero attached hydrogens (tertiary/aromatic N) is 1. The number of hydrogen-bond donors (Lipinski definition) is 2. The van der Waals surface area contributed by atoms with Crippen molar-refractivity contribution in [3.05, 3.63) is 82.4 Å². The van der Waals surface area contributed by atoms with Crippen LogP contribution in [0.15, 0.2) is 60.7 Å². The molecule has 0 bridgehead atoms. The Bertz CT molecular complexity index is 1290. The summed E-state index contributed by atoms with van der Waals surface area (Å²) in [6.45, 7) is 9.44. The normalized spacial score (nSPS) is 20.7. The summed E-state index contributed by atoms with van der Waals surface area (Å²) in [6, 6.07) is 18.8. The minimum Gasteiger partial charge on any atom is -0.508 e. The van der Waals surface area contributed by atoms with Crippen LogP contribution < -0.4 is 9.47 Å². The number of aromatic hydroxyl groups is 2. The molecule has 3 atom stereocenters. The van der Waals surface area contributed by atoms with Crippen LogP contribution in [-0.4, -0.2) is 40.9 Å². The molecule has 0 radical (unpaired) electrons. The summed E-state index contributed by atoms with van der Waals surface area (Å²) in [4.78, 5) is 2.49. The maximum Gasteiger partial charge on any atom is 0.150 e. The molecule has 3 unspecified atom stereocenters. The Labute approximate surface area is 217 Å². The van der Waals surface area contributed by atoms with Gasteiger partial charge in [0.25, 0.3) is 0 Å². The molecular weight excluding hydrogens is 474 g/mol. The zero-order valence-electron chi connectivity index (χ0n) is 20.9. The molecule has 1 saturated heterocycles. The van der Waals surface area contributed by atoms with Crippen LogP contribution in [0.4, 0.5) is 0 Å². The molecule has 5 rings (SSSR count). The first-order valence-corrected chi connectivity index (χ1v) is 12.8. The molecule has 2 aliphatic heterocycles. The Morgan fingerprint density at radius 2 is 1.89 bits per heavy atom. The third kappa shape index (κ3) is 4.91. The average Bonchev–Trinajstić information content (AvgIpc) is 3.30. The number of allylic oxidation sites excluding steroid dienone is 1. The van der Waals surface area contributed by atoms with Crippen LogP contribution in [-0.2, 0) is 0 Å². The minimum absolute atomic E-state index is 0.00573. The zero-order valence-corrected chi connectivity index (χ0v) is 21.6. The molecule has 0 aromatic heterocycles. The molecule has 0 amide bonds. The van der Waals surface area contributed by atoms with E-state index in [4.69, 9.17) is 21.1 Å². The van der Waals surface area contributed by atoms with Gasteiger partial charge in [-0.2, -0.15) is 0 Å². The monoisotopic (exact) mass is 505 g/mol. The van der Waals surface area contributed by atoms with E-state index in [0.717, 1.165) is 52.6 Å². The van der Waals surface area contributed by atoms with Crippen molar-refractivity contribution >= 4 is 22.7 Å². The summed E-state index contributed by atoms with van der Waals surface area (Å²) < 4.78 is 12.6. The van der Waals surface area contributed by atoms with E-state index in [1.54, 1.807) is 24.3 Å². The Hall–Kier alpha value is -3.15. The average molecular weight is 506 g/mol. The quantitative estimate of drug-likeness (QED) is 0.380. The van der Waals surface area contributed by atoms with Crippen molar-refractivity contribution in [2.45, 2.75) is 39.3 Å². The Kier molecular flexibility index (Phi) is 6.87. The van der Waals surface area contributed by atoms with Crippen LogP contribution >= 0.6 is 11.6 Å². The SMILES string of the molecule is CC1=C(c2cccc(O)c2)C(c2ccc(OCC(C)N3CCC(C)C3)cc2)Oc2cc(Cl)c(O)cc21. The number of hydrogen-bond acceptors (Lipinski definition) is 5. The van der Waals surface area contributed by atoms with Gasteiger partial charge in [-0.1, -0.05) is 42.8 Å². The molecule has 2 N–H and O–H groups in total. The number of phenols is 2. The lowest BCUT2D eigenvalue weighted by Crippen LogP contribution is -2.35. The van der Waals surface area contributed by atoms with E-state index in [9.17, 15) is 10.2 Å². The lowest BCUT2D eigenvalue weighted by atomic mass is 9.86. The molecule has 188 valence electrons. The molecule has 0 spiro atoms. The van der Waals surface area contributed by atoms with Gasteiger partial charge >= 0.3 is 0 Å². The first-order chi connectivity index (χ1) is 17.3. The van der Waals surface area contributed by atoms with Crippen LogP contribution in [0.3, 0.4) is 0 Å². The Morgan fingerprint density at radius 1 is 1.11 bits per heavy atom. The maximum atomic E-state index is 10.2. The molecule has 1 fully saturated rings. The number of fused-ring (bicyclic) bond motifs is 1. The molecule has 0 aliphatic carbocycles. The lowest BCUT2D eigenvalue weighted by molar-refractivity contribution is 0.169. The highest BCUT2D eigenvalue weighted by Gasteiger charge is 2.30. The number of likely N-dealkylation sites (tertiary alicyclic amines) is 1. The van der Waals surface area contributed by atoms with E-state index in [1.807, 2.05) is 43.3 Å². The maximum absolute atomic E-state index is 10.2. The molecular formula is C30H32ClNO4. The lowest BCUT2D eigenvalue weighted by Gasteiger charge is -2.31. The van der Waals surface area contributed by atoms with E-state index >= 15 is 0 Å². The van der Waals surface area contributed by atoms with Crippen LogP contribution in [0.2, 0.25) is 5.02 Å². The van der Waals surface area contributed by atoms with Gasteiger partial charge in [-0.3, -0.25) is 4.90 Å². The van der Waals surface area contributed by atoms with Crippen molar-refractivity contribution in [1.82, 2.24) is 4.90 Å². The molecule has 3 aromatic carbocycles. The van der Waals surface area contributed by atoms with Crippen LogP contribution in [0, 0.1) is 5.92 Å². The van der Waals surface area contributed by atoms with Gasteiger partial charge in [0.15, 0.2) is 0 Å². The first kappa shape index (κ1) is 24.5. The van der Waals surface area contributed by atoms with Crippen molar-refractivity contribution in [3.63, 3.8) is 0 Å². The summed E-state index contributed by atoms with van der Waals surface area (Å²) in [5.74, 6) is 2.37. The second-order valence-corrected chi connectivity index (χ2v) is 10.4. The molecule has 0 saturated carbocycles. The van der Waals surface area contributed by atoms with Gasteiger partial charge in [-0.15, -0.1) is 0 Å². The largest absolute Gasteiger partial charge is 0.508 e. The van der Waals surface area contributed by atoms with Crippen molar-refractivity contribution < 1.29 is 19.7 Å². The highest BCUT2D eigenvalue weighted by Crippen LogP contribution is 2.49. The summed E-state index contributed by atoms with van der Waals surface area (Å²) in [7, 11) is 0. The van der Waals surface area contributed by atoms with Gasteiger partial charge in [-0.25, -0.2) is 0 Å². The third-order valence-electron chi connectivity index (χ3n) is 7.27. The molecule has 36 heavy (non-hydrogen) atoms. The molecule has 6 heteroatoms. The van der Waals surface area contributed by atoms with E-state index in [2.05, 4.69) is 18.7 Å². The summed E-state index contributed by atoms with van der Waals surface area (Å²) in [6.07, 6.45) is 0.835. The van der Waals surface area contributed by atoms with Crippen molar-refractivity contribution in [3.8, 4) is 23.0 Å². The van der Waals surface area contributed by atoms with Crippen molar-refractivity contribution in [1.29, 1.82) is 0 Å². The van der Waals surface area contributed by atoms with Crippen molar-refractivity contribution in [2.75, 3.05) is 19.7 Å². The van der Waals surface area contributed by atoms with Gasteiger partial charge in [0, 0.05) is 29.8 Å². The van der Waals surface area contributed by atoms with Gasteiger partial charge < -0.3 is 19.7 Å². The number of rotatable bonds is 6. The van der Waals surface area contributed by atoms with E-state index in [1.165, 1.54) is 6.42 Å². The van der Waals surface area contributed by atoms with E-state index < -0.39 is 6.10 Å². The minimum atomic E-state index is -0.418. The molecule has 2 aliphatic rings. The fraction of sp³-hybridized carbons (Fsp3) is 0.333. The summed E-state index contributed by atoms with van der Waals surface area (Å²) >= 11 is 6.20. The molecule has 2 heterocycles. The molecule has 3 aromatic rings. The Balaban J connectivity index is 1.43. The second-order valence-electron chi connectivity index (χ2n) is 10.0. The second kappa shape index (κ2) is 10.1. The number of ether oxygens (including phenoxy) is 2. The number of benzene rings is 3. The molecule has 5 nitrogen and oxygen atoms in total. The van der Waals surface area contributed by atoms with Gasteiger partial charge in [0.1, 0.15) is 35.7 Å². The standard InChI is InChI=1S/C30H32ClNO4/c1-18-11-12-32(16-18)19(2)17-35-24-9-7-21(8-10-24)30-29(22-5-4-6-23(33)13-22)20(3)25-14-27(34)26(31)15-28(25)36-30/h4-10,13-15,18-19,30,33-34H,11-12,16-17H2,1-3H3. The van der Waals surface area contributed by atoms with E-state index in [-0.39, 0.29) is 16.5 Å². The first-order valence-electron chi connectivity index (χ1n) is 12.5. The van der Waals surface area contributed by atoms with E-state index in [0.29, 0.717) is 18.4 Å². The predicted octanol–water partition coefficient (Wildman–Crippen LogP) is 6.92. The van der Waals surface area contributed by atoms with Crippen LogP contribution in [0.1, 0.15) is 50.0 Å². The van der Waals surface area contributed by atoms with Gasteiger partial charge in [-0.05, 0) is 79.8 Å². The summed E-state index contributed by atoms with van der Waals surface area (Å²) in [5, 5.41) is 20.6.